The Morgan fingerprint density at radius 1 is 0.562 bits per heavy atom. The van der Waals surface area contributed by atoms with Crippen molar-refractivity contribution >= 4 is 14.8 Å². The molecular formula is C25H54N2O4Si. The Labute approximate surface area is 200 Å². The summed E-state index contributed by atoms with van der Waals surface area (Å²) < 4.78 is 16.1. The van der Waals surface area contributed by atoms with E-state index in [0.29, 0.717) is 12.6 Å². The third-order valence-electron chi connectivity index (χ3n) is 6.19. The number of nitrogens with one attached hydrogen (secondary N) is 2. The summed E-state index contributed by atoms with van der Waals surface area (Å²) in [4.78, 5) is 11.8. The maximum atomic E-state index is 11.8. The zero-order chi connectivity index (χ0) is 23.8. The van der Waals surface area contributed by atoms with Gasteiger partial charge in [-0.2, -0.15) is 0 Å². The molecule has 0 atom stereocenters. The van der Waals surface area contributed by atoms with E-state index < -0.39 is 8.80 Å². The van der Waals surface area contributed by atoms with Gasteiger partial charge in [0.25, 0.3) is 0 Å². The van der Waals surface area contributed by atoms with Gasteiger partial charge in [-0.3, -0.25) is 0 Å². The number of urea groups is 1. The van der Waals surface area contributed by atoms with Crippen LogP contribution in [-0.4, -0.2) is 49.3 Å². The molecule has 6 nitrogen and oxygen atoms in total. The molecule has 2 N–H and O–H groups in total. The highest BCUT2D eigenvalue weighted by molar-refractivity contribution is 6.60. The van der Waals surface area contributed by atoms with Crippen molar-refractivity contribution < 1.29 is 18.1 Å². The molecule has 0 unspecified atom stereocenters. The van der Waals surface area contributed by atoms with Crippen LogP contribution in [0.25, 0.3) is 0 Å². The van der Waals surface area contributed by atoms with E-state index >= 15 is 0 Å². The van der Waals surface area contributed by atoms with Crippen LogP contribution < -0.4 is 10.6 Å². The molecule has 0 aromatic heterocycles. The molecule has 0 aromatic carbocycles. The second-order valence-electron chi connectivity index (χ2n) is 8.88. The van der Waals surface area contributed by atoms with E-state index in [4.69, 9.17) is 13.3 Å². The van der Waals surface area contributed by atoms with Gasteiger partial charge in [0.1, 0.15) is 0 Å². The van der Waals surface area contributed by atoms with Gasteiger partial charge in [-0.05, 0) is 12.8 Å². The van der Waals surface area contributed by atoms with E-state index in [1.807, 2.05) is 0 Å². The van der Waals surface area contributed by atoms with Crippen molar-refractivity contribution in [3.05, 3.63) is 0 Å². The summed E-state index contributed by atoms with van der Waals surface area (Å²) >= 11 is 0. The smallest absolute Gasteiger partial charge is 0.377 e. The lowest BCUT2D eigenvalue weighted by atomic mass is 10.0. The minimum Gasteiger partial charge on any atom is -0.377 e. The van der Waals surface area contributed by atoms with Crippen molar-refractivity contribution in [3.8, 4) is 0 Å². The average Bonchev–Trinajstić information content (AvgIpc) is 2.81. The number of amides is 2. The number of unbranched alkanes of at least 4 members (excludes halogenated alkanes) is 15. The number of carbonyl (C=O) groups excluding carboxylic acids is 1. The summed E-state index contributed by atoms with van der Waals surface area (Å²) in [5.74, 6) is 0. The Morgan fingerprint density at radius 2 is 0.906 bits per heavy atom. The SMILES string of the molecule is CCCCCCCCCCCCCCCCCCNC(=O)NCCC[Si](OC)(OC)OC. The fourth-order valence-corrected chi connectivity index (χ4v) is 5.72. The molecule has 0 saturated carbocycles. The van der Waals surface area contributed by atoms with Crippen LogP contribution in [0.5, 0.6) is 0 Å². The molecule has 0 aliphatic rings. The molecule has 192 valence electrons. The Morgan fingerprint density at radius 3 is 1.28 bits per heavy atom. The number of rotatable bonds is 24. The Balaban J connectivity index is 3.31. The van der Waals surface area contributed by atoms with Crippen LogP contribution >= 0.6 is 0 Å². The lowest BCUT2D eigenvalue weighted by molar-refractivity contribution is 0.123. The van der Waals surface area contributed by atoms with Crippen LogP contribution in [0.15, 0.2) is 0 Å². The second kappa shape index (κ2) is 23.5. The minimum absolute atomic E-state index is 0.0922. The molecule has 2 amide bonds. The lowest BCUT2D eigenvalue weighted by Gasteiger charge is -2.24. The van der Waals surface area contributed by atoms with Gasteiger partial charge in [0.2, 0.25) is 0 Å². The Kier molecular flexibility index (Phi) is 23.1. The largest absolute Gasteiger partial charge is 0.500 e. The topological polar surface area (TPSA) is 68.8 Å². The fraction of sp³-hybridized carbons (Fsp3) is 0.960. The van der Waals surface area contributed by atoms with Crippen LogP contribution in [0.1, 0.15) is 116 Å². The summed E-state index contributed by atoms with van der Waals surface area (Å²) in [5, 5.41) is 5.83. The number of carbonyl (C=O) groups is 1. The van der Waals surface area contributed by atoms with E-state index in [9.17, 15) is 4.79 Å². The first-order chi connectivity index (χ1) is 15.6. The van der Waals surface area contributed by atoms with Crippen molar-refractivity contribution in [3.63, 3.8) is 0 Å². The molecule has 0 radical (unpaired) electrons. The van der Waals surface area contributed by atoms with Gasteiger partial charge < -0.3 is 23.9 Å². The third kappa shape index (κ3) is 18.9. The first kappa shape index (κ1) is 31.4. The van der Waals surface area contributed by atoms with E-state index in [-0.39, 0.29) is 6.03 Å². The normalized spacial score (nSPS) is 11.6. The standard InChI is InChI=1S/C25H54N2O4Si/c1-5-6-7-8-9-10-11-12-13-14-15-16-17-18-19-20-22-26-25(28)27-23-21-24-32(29-2,30-3)31-4/h5-24H2,1-4H3,(H2,26,27,28). The highest BCUT2D eigenvalue weighted by atomic mass is 28.4. The highest BCUT2D eigenvalue weighted by Crippen LogP contribution is 2.15. The molecule has 0 spiro atoms. The van der Waals surface area contributed by atoms with Gasteiger partial charge in [0.05, 0.1) is 0 Å². The van der Waals surface area contributed by atoms with Gasteiger partial charge >= 0.3 is 14.8 Å². The fourth-order valence-electron chi connectivity index (χ4n) is 4.00. The molecule has 0 aliphatic carbocycles. The van der Waals surface area contributed by atoms with Gasteiger partial charge in [-0.25, -0.2) is 4.79 Å². The average molecular weight is 475 g/mol. The molecular weight excluding hydrogens is 420 g/mol. The molecule has 32 heavy (non-hydrogen) atoms. The van der Waals surface area contributed by atoms with Crippen LogP contribution in [0.2, 0.25) is 6.04 Å². The van der Waals surface area contributed by atoms with Crippen molar-refractivity contribution in [2.75, 3.05) is 34.4 Å². The van der Waals surface area contributed by atoms with Gasteiger partial charge in [-0.1, -0.05) is 103 Å². The van der Waals surface area contributed by atoms with E-state index in [1.165, 1.54) is 96.3 Å². The zero-order valence-corrected chi connectivity index (χ0v) is 22.8. The van der Waals surface area contributed by atoms with Gasteiger partial charge in [-0.15, -0.1) is 0 Å². The van der Waals surface area contributed by atoms with Crippen molar-refractivity contribution in [1.29, 1.82) is 0 Å². The lowest BCUT2D eigenvalue weighted by Crippen LogP contribution is -2.43. The van der Waals surface area contributed by atoms with Gasteiger partial charge in [0.15, 0.2) is 0 Å². The van der Waals surface area contributed by atoms with E-state index in [0.717, 1.165) is 19.4 Å². The quantitative estimate of drug-likeness (QED) is 0.119. The summed E-state index contributed by atoms with van der Waals surface area (Å²) in [6, 6.07) is 0.598. The minimum atomic E-state index is -2.53. The molecule has 0 saturated heterocycles. The molecule has 0 rings (SSSR count). The van der Waals surface area contributed by atoms with Crippen LogP contribution in [0.3, 0.4) is 0 Å². The molecule has 0 aliphatic heterocycles. The predicted molar refractivity (Wildman–Crippen MR) is 137 cm³/mol. The first-order valence-electron chi connectivity index (χ1n) is 13.3. The van der Waals surface area contributed by atoms with Gasteiger partial charge in [0, 0.05) is 40.5 Å². The summed E-state index contributed by atoms with van der Waals surface area (Å²) in [6.45, 7) is 3.62. The molecule has 0 aromatic rings. The second-order valence-corrected chi connectivity index (χ2v) is 12.0. The maximum Gasteiger partial charge on any atom is 0.500 e. The zero-order valence-electron chi connectivity index (χ0n) is 21.8. The summed E-state index contributed by atoms with van der Waals surface area (Å²) in [7, 11) is 2.30. The van der Waals surface area contributed by atoms with E-state index in [1.54, 1.807) is 21.3 Å². The molecule has 0 bridgehead atoms. The molecule has 7 heteroatoms. The molecule has 0 fully saturated rings. The molecule has 0 heterocycles. The maximum absolute atomic E-state index is 11.8. The summed E-state index contributed by atoms with van der Waals surface area (Å²) in [5.41, 5.74) is 0. The number of hydrogen-bond acceptors (Lipinski definition) is 4. The first-order valence-corrected chi connectivity index (χ1v) is 15.2. The van der Waals surface area contributed by atoms with Crippen molar-refractivity contribution in [1.82, 2.24) is 10.6 Å². The van der Waals surface area contributed by atoms with Crippen molar-refractivity contribution in [2.24, 2.45) is 0 Å². The third-order valence-corrected chi connectivity index (χ3v) is 9.03. The Bertz CT molecular complexity index is 401. The monoisotopic (exact) mass is 474 g/mol. The Hall–Kier alpha value is -0.633. The predicted octanol–water partition coefficient (Wildman–Crippen LogP) is 6.82. The summed E-state index contributed by atoms with van der Waals surface area (Å²) in [6.07, 6.45) is 22.6. The highest BCUT2D eigenvalue weighted by Gasteiger charge is 2.36. The van der Waals surface area contributed by atoms with E-state index in [2.05, 4.69) is 17.6 Å². The van der Waals surface area contributed by atoms with Crippen LogP contribution in [-0.2, 0) is 13.3 Å². The van der Waals surface area contributed by atoms with Crippen LogP contribution in [0, 0.1) is 0 Å². The van der Waals surface area contributed by atoms with Crippen molar-refractivity contribution in [2.45, 2.75) is 122 Å². The van der Waals surface area contributed by atoms with Crippen LogP contribution in [0.4, 0.5) is 4.79 Å². The number of hydrogen-bond donors (Lipinski definition) is 2.